The molecule has 0 saturated carbocycles. The van der Waals surface area contributed by atoms with Crippen LogP contribution in [-0.4, -0.2) is 12.4 Å². The molecule has 0 heterocycles. The third-order valence-electron chi connectivity index (χ3n) is 0.818. The largest absolute Gasteiger partial charge is 0.379 e. The highest BCUT2D eigenvalue weighted by Gasteiger charge is 1.90. The molecular formula is C6H11O2. The summed E-state index contributed by atoms with van der Waals surface area (Å²) in [6.07, 6.45) is 1.40. The molecule has 0 saturated heterocycles. The summed E-state index contributed by atoms with van der Waals surface area (Å²) in [5.41, 5.74) is 0. The van der Waals surface area contributed by atoms with E-state index in [1.54, 1.807) is 6.92 Å². The Morgan fingerprint density at radius 1 is 1.75 bits per heavy atom. The summed E-state index contributed by atoms with van der Waals surface area (Å²) in [6.45, 7) is 2.16. The maximum absolute atomic E-state index is 10.2. The van der Waals surface area contributed by atoms with E-state index in [9.17, 15) is 4.79 Å². The minimum atomic E-state index is 0.210. The molecule has 0 aromatic carbocycles. The summed E-state index contributed by atoms with van der Waals surface area (Å²) < 4.78 is 4.49. The summed E-state index contributed by atoms with van der Waals surface area (Å²) in [6, 6.07) is 0. The van der Waals surface area contributed by atoms with Crippen molar-refractivity contribution in [3.63, 3.8) is 0 Å². The Hall–Kier alpha value is -0.370. The van der Waals surface area contributed by atoms with Gasteiger partial charge in [-0.05, 0) is 13.3 Å². The zero-order chi connectivity index (χ0) is 6.41. The van der Waals surface area contributed by atoms with Gasteiger partial charge in [0.1, 0.15) is 5.78 Å². The Balaban J connectivity index is 2.82. The van der Waals surface area contributed by atoms with Crippen molar-refractivity contribution in [3.05, 3.63) is 7.11 Å². The minimum absolute atomic E-state index is 0.210. The van der Waals surface area contributed by atoms with E-state index in [1.165, 1.54) is 0 Å². The molecule has 0 rings (SSSR count). The lowest BCUT2D eigenvalue weighted by Crippen LogP contribution is -1.93. The maximum atomic E-state index is 10.2. The molecule has 0 aliphatic rings. The van der Waals surface area contributed by atoms with Crippen LogP contribution in [0.4, 0.5) is 0 Å². The van der Waals surface area contributed by atoms with Gasteiger partial charge in [0, 0.05) is 13.0 Å². The Labute approximate surface area is 49.8 Å². The van der Waals surface area contributed by atoms with Crippen molar-refractivity contribution in [1.29, 1.82) is 0 Å². The fraction of sp³-hybridized carbons (Fsp3) is 0.667. The molecule has 0 aliphatic carbocycles. The first kappa shape index (κ1) is 7.63. The highest BCUT2D eigenvalue weighted by Crippen LogP contribution is 1.89. The highest BCUT2D eigenvalue weighted by molar-refractivity contribution is 5.75. The van der Waals surface area contributed by atoms with Gasteiger partial charge in [0.15, 0.2) is 0 Å². The molecule has 8 heavy (non-hydrogen) atoms. The Morgan fingerprint density at radius 2 is 2.38 bits per heavy atom. The van der Waals surface area contributed by atoms with Gasteiger partial charge in [-0.1, -0.05) is 0 Å². The Kier molecular flexibility index (Phi) is 4.56. The maximum Gasteiger partial charge on any atom is 0.129 e. The van der Waals surface area contributed by atoms with Gasteiger partial charge < -0.3 is 9.53 Å². The summed E-state index contributed by atoms with van der Waals surface area (Å²) in [4.78, 5) is 10.2. The molecule has 2 heteroatoms. The van der Waals surface area contributed by atoms with Crippen molar-refractivity contribution >= 4 is 5.78 Å². The normalized spacial score (nSPS) is 9.25. The average molecular weight is 115 g/mol. The molecule has 0 amide bonds. The van der Waals surface area contributed by atoms with Gasteiger partial charge in [-0.25, -0.2) is 0 Å². The number of hydrogen-bond donors (Lipinski definition) is 0. The van der Waals surface area contributed by atoms with Crippen LogP contribution in [0.2, 0.25) is 0 Å². The van der Waals surface area contributed by atoms with E-state index in [1.807, 2.05) is 0 Å². The van der Waals surface area contributed by atoms with Crippen LogP contribution < -0.4 is 0 Å². The molecule has 0 atom stereocenters. The molecule has 0 aliphatic heterocycles. The Bertz CT molecular complexity index is 68.9. The monoisotopic (exact) mass is 115 g/mol. The number of Topliss-reactive ketones (excluding diaryl/α,β-unsaturated/α-hetero) is 1. The second kappa shape index (κ2) is 4.78. The first-order valence-corrected chi connectivity index (χ1v) is 2.64. The standard InChI is InChI=1S/C6H11O2/c1-6(7)4-3-5-8-2/h2-5H2,1H3. The number of hydrogen-bond acceptors (Lipinski definition) is 2. The van der Waals surface area contributed by atoms with Gasteiger partial charge in [0.2, 0.25) is 0 Å². The van der Waals surface area contributed by atoms with E-state index < -0.39 is 0 Å². The third kappa shape index (κ3) is 5.63. The zero-order valence-electron chi connectivity index (χ0n) is 5.14. The smallest absolute Gasteiger partial charge is 0.129 e. The first-order valence-electron chi connectivity index (χ1n) is 2.64. The second-order valence-corrected chi connectivity index (χ2v) is 1.71. The fourth-order valence-corrected chi connectivity index (χ4v) is 0.423. The Morgan fingerprint density at radius 3 is 2.75 bits per heavy atom. The van der Waals surface area contributed by atoms with Crippen LogP contribution in [0.1, 0.15) is 19.8 Å². The van der Waals surface area contributed by atoms with Crippen molar-refractivity contribution in [2.75, 3.05) is 6.61 Å². The lowest BCUT2D eigenvalue weighted by molar-refractivity contribution is -0.117. The number of carbonyl (C=O) groups excluding carboxylic acids is 1. The van der Waals surface area contributed by atoms with Crippen LogP contribution in [0.3, 0.4) is 0 Å². The molecule has 0 N–H and O–H groups in total. The minimum Gasteiger partial charge on any atom is -0.379 e. The molecular weight excluding hydrogens is 104 g/mol. The van der Waals surface area contributed by atoms with Gasteiger partial charge in [0.05, 0.1) is 7.11 Å². The molecule has 0 spiro atoms. The number of ether oxygens (including phenoxy) is 1. The molecule has 1 radical (unpaired) electrons. The predicted molar refractivity (Wildman–Crippen MR) is 31.2 cm³/mol. The molecule has 0 fully saturated rings. The highest BCUT2D eigenvalue weighted by atomic mass is 16.5. The fourth-order valence-electron chi connectivity index (χ4n) is 0.423. The first-order chi connectivity index (χ1) is 3.77. The van der Waals surface area contributed by atoms with Crippen LogP contribution in [0.25, 0.3) is 0 Å². The predicted octanol–water partition coefficient (Wildman–Crippen LogP) is 1.16. The lowest BCUT2D eigenvalue weighted by atomic mass is 10.2. The van der Waals surface area contributed by atoms with Crippen molar-refractivity contribution in [1.82, 2.24) is 0 Å². The van der Waals surface area contributed by atoms with Gasteiger partial charge in [-0.15, -0.1) is 0 Å². The van der Waals surface area contributed by atoms with Gasteiger partial charge in [-0.3, -0.25) is 0 Å². The van der Waals surface area contributed by atoms with Gasteiger partial charge in [-0.2, -0.15) is 0 Å². The lowest BCUT2D eigenvalue weighted by Gasteiger charge is -1.92. The van der Waals surface area contributed by atoms with E-state index in [-0.39, 0.29) is 5.78 Å². The quantitative estimate of drug-likeness (QED) is 0.514. The van der Waals surface area contributed by atoms with Crippen LogP contribution in [0, 0.1) is 7.11 Å². The van der Waals surface area contributed by atoms with E-state index in [4.69, 9.17) is 0 Å². The van der Waals surface area contributed by atoms with Crippen LogP contribution in [-0.2, 0) is 9.53 Å². The van der Waals surface area contributed by atoms with E-state index in [2.05, 4.69) is 11.8 Å². The molecule has 0 bridgehead atoms. The van der Waals surface area contributed by atoms with Crippen molar-refractivity contribution in [2.45, 2.75) is 19.8 Å². The molecule has 0 unspecified atom stereocenters. The molecule has 0 aromatic heterocycles. The SMILES string of the molecule is [CH2]OCCCC(C)=O. The molecule has 2 nitrogen and oxygen atoms in total. The molecule has 47 valence electrons. The van der Waals surface area contributed by atoms with E-state index in [0.717, 1.165) is 6.42 Å². The summed E-state index contributed by atoms with van der Waals surface area (Å²) in [5.74, 6) is 0.210. The molecule has 0 aromatic rings. The summed E-state index contributed by atoms with van der Waals surface area (Å²) in [5, 5.41) is 0. The topological polar surface area (TPSA) is 26.3 Å². The summed E-state index contributed by atoms with van der Waals surface area (Å²) in [7, 11) is 3.17. The number of carbonyl (C=O) groups is 1. The van der Waals surface area contributed by atoms with E-state index >= 15 is 0 Å². The third-order valence-corrected chi connectivity index (χ3v) is 0.818. The second-order valence-electron chi connectivity index (χ2n) is 1.71. The summed E-state index contributed by atoms with van der Waals surface area (Å²) >= 11 is 0. The number of ketones is 1. The van der Waals surface area contributed by atoms with Crippen molar-refractivity contribution in [2.24, 2.45) is 0 Å². The van der Waals surface area contributed by atoms with Gasteiger partial charge in [0.25, 0.3) is 0 Å². The van der Waals surface area contributed by atoms with Crippen molar-refractivity contribution < 1.29 is 9.53 Å². The van der Waals surface area contributed by atoms with Crippen LogP contribution in [0.5, 0.6) is 0 Å². The van der Waals surface area contributed by atoms with Crippen molar-refractivity contribution in [3.8, 4) is 0 Å². The van der Waals surface area contributed by atoms with E-state index in [0.29, 0.717) is 13.0 Å². The van der Waals surface area contributed by atoms with Gasteiger partial charge >= 0.3 is 0 Å². The zero-order valence-corrected chi connectivity index (χ0v) is 5.14. The van der Waals surface area contributed by atoms with Crippen LogP contribution in [0.15, 0.2) is 0 Å². The van der Waals surface area contributed by atoms with Crippen LogP contribution >= 0.6 is 0 Å². The number of rotatable bonds is 4. The average Bonchev–Trinajstić information content (AvgIpc) is 1.66.